The van der Waals surface area contributed by atoms with Gasteiger partial charge in [-0.3, -0.25) is 9.13 Å². The van der Waals surface area contributed by atoms with Crippen LogP contribution in [-0.4, -0.2) is 54.1 Å². The number of rotatable bonds is 8. The molecule has 33 heavy (non-hydrogen) atoms. The van der Waals surface area contributed by atoms with E-state index in [9.17, 15) is 24.0 Å². The summed E-state index contributed by atoms with van der Waals surface area (Å²) >= 11 is 0. The monoisotopic (exact) mass is 494 g/mol. The number of imidazole rings is 1. The van der Waals surface area contributed by atoms with E-state index in [0.29, 0.717) is 35.2 Å². The molecule has 176 valence electrons. The van der Waals surface area contributed by atoms with E-state index in [-0.39, 0.29) is 11.6 Å². The quantitative estimate of drug-likeness (QED) is 0.290. The van der Waals surface area contributed by atoms with Crippen LogP contribution in [0.15, 0.2) is 30.6 Å². The fraction of sp³-hybridized carbons (Fsp3) is 0.421. The maximum Gasteiger partial charge on any atom is 0.373 e. The summed E-state index contributed by atoms with van der Waals surface area (Å²) in [5.41, 5.74) is 1.41. The largest absolute Gasteiger partial charge is 0.463 e. The topological polar surface area (TPSA) is 172 Å². The minimum Gasteiger partial charge on any atom is -0.463 e. The number of hydrogen-bond donors (Lipinski definition) is 5. The van der Waals surface area contributed by atoms with Crippen LogP contribution < -0.4 is 15.4 Å². The van der Waals surface area contributed by atoms with Crippen molar-refractivity contribution in [1.29, 1.82) is 0 Å². The lowest BCUT2D eigenvalue weighted by Crippen LogP contribution is -2.30. The second-order valence-electron chi connectivity index (χ2n) is 7.86. The third-order valence-corrected chi connectivity index (χ3v) is 8.12. The fourth-order valence-electron chi connectivity index (χ4n) is 3.57. The summed E-state index contributed by atoms with van der Waals surface area (Å²) < 4.78 is 30.5. The Bertz CT molecular complexity index is 1190. The number of nitrogens with zero attached hydrogens (tertiary/aromatic N) is 4. The van der Waals surface area contributed by atoms with Gasteiger partial charge in [-0.2, -0.15) is 9.97 Å². The average Bonchev–Trinajstić information content (AvgIpc) is 3.18. The number of anilines is 2. The number of fused-ring (bicyclic) bond motifs is 1. The van der Waals surface area contributed by atoms with E-state index in [0.717, 1.165) is 25.9 Å². The molecule has 0 aliphatic carbocycles. The molecule has 0 radical (unpaired) electrons. The SMILES string of the molecule is Cn1cnc2c(Nc3ccc(C(O)(P=O)P(=O)(O)O)cc3)nc(OCC3CCNCC3)nc21. The van der Waals surface area contributed by atoms with Crippen molar-refractivity contribution in [3.63, 3.8) is 0 Å². The molecule has 1 unspecified atom stereocenters. The van der Waals surface area contributed by atoms with Crippen LogP contribution in [0, 0.1) is 5.92 Å². The highest BCUT2D eigenvalue weighted by atomic mass is 31.2. The van der Waals surface area contributed by atoms with Gasteiger partial charge in [-0.15, -0.1) is 0 Å². The van der Waals surface area contributed by atoms with Crippen LogP contribution in [0.25, 0.3) is 11.2 Å². The average molecular weight is 494 g/mol. The Labute approximate surface area is 190 Å². The second-order valence-corrected chi connectivity index (χ2v) is 10.8. The highest BCUT2D eigenvalue weighted by molar-refractivity contribution is 7.62. The number of aromatic nitrogens is 4. The van der Waals surface area contributed by atoms with Crippen LogP contribution in [0.3, 0.4) is 0 Å². The number of benzene rings is 1. The van der Waals surface area contributed by atoms with Gasteiger partial charge in [0.15, 0.2) is 17.0 Å². The van der Waals surface area contributed by atoms with Crippen LogP contribution in [0.4, 0.5) is 11.5 Å². The van der Waals surface area contributed by atoms with E-state index in [1.807, 2.05) is 7.05 Å². The molecule has 12 nitrogen and oxygen atoms in total. The highest BCUT2D eigenvalue weighted by Crippen LogP contribution is 2.61. The van der Waals surface area contributed by atoms with Crippen LogP contribution in [-0.2, 0) is 21.3 Å². The van der Waals surface area contributed by atoms with E-state index in [1.54, 1.807) is 10.9 Å². The Kier molecular flexibility index (Phi) is 6.76. The van der Waals surface area contributed by atoms with Crippen molar-refractivity contribution < 1.29 is 28.8 Å². The summed E-state index contributed by atoms with van der Waals surface area (Å²) in [6.45, 7) is 2.43. The second kappa shape index (κ2) is 9.42. The van der Waals surface area contributed by atoms with Gasteiger partial charge < -0.3 is 34.8 Å². The van der Waals surface area contributed by atoms with Crippen LogP contribution >= 0.6 is 16.1 Å². The number of nitrogens with one attached hydrogen (secondary N) is 2. The smallest absolute Gasteiger partial charge is 0.373 e. The molecule has 1 aliphatic heterocycles. The van der Waals surface area contributed by atoms with Gasteiger partial charge in [0.25, 0.3) is 5.08 Å². The predicted octanol–water partition coefficient (Wildman–Crippen LogP) is 2.06. The zero-order valence-corrected chi connectivity index (χ0v) is 19.5. The molecule has 3 aromatic rings. The lowest BCUT2D eigenvalue weighted by Gasteiger charge is -2.22. The Hall–Kier alpha value is -2.46. The first-order chi connectivity index (χ1) is 15.7. The zero-order valence-electron chi connectivity index (χ0n) is 17.7. The van der Waals surface area contributed by atoms with Crippen LogP contribution in [0.1, 0.15) is 18.4 Å². The molecular weight excluding hydrogens is 470 g/mol. The molecule has 1 aliphatic rings. The summed E-state index contributed by atoms with van der Waals surface area (Å²) in [6.07, 6.45) is 3.65. The van der Waals surface area contributed by atoms with Crippen molar-refractivity contribution in [2.45, 2.75) is 17.9 Å². The summed E-state index contributed by atoms with van der Waals surface area (Å²) in [5, 5.41) is 13.8. The van der Waals surface area contributed by atoms with Gasteiger partial charge in [-0.05, 0) is 44.0 Å². The normalized spacial score (nSPS) is 17.2. The predicted molar refractivity (Wildman–Crippen MR) is 121 cm³/mol. The molecule has 0 amide bonds. The molecule has 4 rings (SSSR count). The molecule has 1 fully saturated rings. The van der Waals surface area contributed by atoms with Crippen molar-refractivity contribution in [3.8, 4) is 6.01 Å². The van der Waals surface area contributed by atoms with Crippen molar-refractivity contribution in [2.75, 3.05) is 25.0 Å². The third kappa shape index (κ3) is 4.91. The van der Waals surface area contributed by atoms with Gasteiger partial charge in [0, 0.05) is 18.3 Å². The fourth-order valence-corrected chi connectivity index (χ4v) is 4.73. The summed E-state index contributed by atoms with van der Waals surface area (Å²) in [7, 11) is -4.39. The standard InChI is InChI=1S/C19H24N6O6P2/c1-25-11-21-15-16(23-18(24-17(15)25)31-10-12-6-8-20-9-7-12)22-14-4-2-13(3-5-14)19(26,32-27)33(28,29)30/h2-5,11-12,20,26H,6-10H2,1H3,(H,22,23,24)(H2,28,29,30). The molecular formula is C19H24N6O6P2. The molecule has 14 heteroatoms. The van der Waals surface area contributed by atoms with Gasteiger partial charge in [0.1, 0.15) is 0 Å². The van der Waals surface area contributed by atoms with Crippen molar-refractivity contribution >= 4 is 38.7 Å². The Balaban J connectivity index is 1.58. The first-order valence-electron chi connectivity index (χ1n) is 10.2. The van der Waals surface area contributed by atoms with Gasteiger partial charge in [0.05, 0.1) is 12.9 Å². The number of aliphatic hydroxyl groups is 1. The maximum absolute atomic E-state index is 11.6. The lowest BCUT2D eigenvalue weighted by atomic mass is 9.99. The number of aryl methyl sites for hydroxylation is 1. The van der Waals surface area contributed by atoms with Crippen molar-refractivity contribution in [3.05, 3.63) is 36.2 Å². The molecule has 0 bridgehead atoms. The Morgan fingerprint density at radius 2 is 1.97 bits per heavy atom. The maximum atomic E-state index is 11.6. The van der Waals surface area contributed by atoms with Gasteiger partial charge in [0.2, 0.25) is 8.46 Å². The van der Waals surface area contributed by atoms with Crippen molar-refractivity contribution in [2.24, 2.45) is 13.0 Å². The molecule has 1 atom stereocenters. The Morgan fingerprint density at radius 3 is 2.61 bits per heavy atom. The van der Waals surface area contributed by atoms with Gasteiger partial charge >= 0.3 is 13.6 Å². The molecule has 0 saturated carbocycles. The Morgan fingerprint density at radius 1 is 1.27 bits per heavy atom. The van der Waals surface area contributed by atoms with E-state index in [1.165, 1.54) is 24.3 Å². The molecule has 0 spiro atoms. The van der Waals surface area contributed by atoms with E-state index < -0.39 is 21.1 Å². The molecule has 5 N–H and O–H groups in total. The van der Waals surface area contributed by atoms with Gasteiger partial charge in [-0.25, -0.2) is 4.98 Å². The first-order valence-corrected chi connectivity index (χ1v) is 12.7. The molecule has 1 aromatic carbocycles. The van der Waals surface area contributed by atoms with Crippen molar-refractivity contribution in [1.82, 2.24) is 24.8 Å². The summed E-state index contributed by atoms with van der Waals surface area (Å²) in [5.74, 6) is 0.815. The third-order valence-electron chi connectivity index (χ3n) is 5.51. The van der Waals surface area contributed by atoms with Gasteiger partial charge in [-0.1, -0.05) is 12.1 Å². The lowest BCUT2D eigenvalue weighted by molar-refractivity contribution is 0.168. The number of piperidine rings is 1. The molecule has 1 saturated heterocycles. The van der Waals surface area contributed by atoms with E-state index >= 15 is 0 Å². The first kappa shape index (κ1) is 23.7. The minimum atomic E-state index is -5.09. The molecule has 3 heterocycles. The number of ether oxygens (including phenoxy) is 1. The van der Waals surface area contributed by atoms with E-state index in [2.05, 4.69) is 25.6 Å². The van der Waals surface area contributed by atoms with E-state index in [4.69, 9.17) is 4.74 Å². The zero-order chi connectivity index (χ0) is 23.6. The minimum absolute atomic E-state index is 0.185. The van der Waals surface area contributed by atoms with Crippen LogP contribution in [0.5, 0.6) is 6.01 Å². The summed E-state index contributed by atoms with van der Waals surface area (Å²) in [6, 6.07) is 5.72. The number of hydrogen-bond acceptors (Lipinski definition) is 9. The molecule has 2 aromatic heterocycles. The highest BCUT2D eigenvalue weighted by Gasteiger charge is 2.48. The summed E-state index contributed by atoms with van der Waals surface area (Å²) in [4.78, 5) is 32.0. The van der Waals surface area contributed by atoms with Crippen LogP contribution in [0.2, 0.25) is 0 Å².